The number of benzene rings is 2. The van der Waals surface area contributed by atoms with Crippen LogP contribution in [0.3, 0.4) is 0 Å². The minimum Gasteiger partial charge on any atom is -0.356 e. The summed E-state index contributed by atoms with van der Waals surface area (Å²) in [7, 11) is 0. The number of halogens is 1. The number of amides is 1. The summed E-state index contributed by atoms with van der Waals surface area (Å²) in [4.78, 5) is 14.4. The fourth-order valence-corrected chi connectivity index (χ4v) is 3.12. The van der Waals surface area contributed by atoms with Gasteiger partial charge < -0.3 is 9.42 Å². The quantitative estimate of drug-likeness (QED) is 0.703. The molecule has 0 radical (unpaired) electrons. The highest BCUT2D eigenvalue weighted by Crippen LogP contribution is 2.31. The highest BCUT2D eigenvalue weighted by molar-refractivity contribution is 6.30. The molecule has 0 aliphatic carbocycles. The van der Waals surface area contributed by atoms with Crippen molar-refractivity contribution < 1.29 is 9.32 Å². The predicted molar refractivity (Wildman–Crippen MR) is 91.8 cm³/mol. The molecule has 120 valence electrons. The Bertz CT molecular complexity index is 872. The van der Waals surface area contributed by atoms with E-state index in [1.165, 1.54) is 0 Å². The lowest BCUT2D eigenvalue weighted by Gasteiger charge is -2.26. The third-order valence-corrected chi connectivity index (χ3v) is 4.51. The van der Waals surface area contributed by atoms with Crippen molar-refractivity contribution in [3.8, 4) is 11.3 Å². The molecular weight excluding hydrogens is 324 g/mol. The van der Waals surface area contributed by atoms with Crippen LogP contribution in [-0.4, -0.2) is 22.5 Å². The Morgan fingerprint density at radius 2 is 1.83 bits per heavy atom. The lowest BCUT2D eigenvalue weighted by molar-refractivity contribution is 0.0731. The standard InChI is InChI=1S/C19H15ClN2O2/c20-15-8-6-13(7-9-15)18-16-10-11-22(12-17(16)21-24-18)19(23)14-4-2-1-3-5-14/h1-9H,10-12H2. The maximum Gasteiger partial charge on any atom is 0.254 e. The van der Waals surface area contributed by atoms with Crippen molar-refractivity contribution in [1.82, 2.24) is 10.1 Å². The van der Waals surface area contributed by atoms with E-state index in [1.807, 2.05) is 59.5 Å². The SMILES string of the molecule is O=C(c1ccccc1)N1CCc2c(noc2-c2ccc(Cl)cc2)C1. The van der Waals surface area contributed by atoms with Crippen molar-refractivity contribution in [2.24, 2.45) is 0 Å². The highest BCUT2D eigenvalue weighted by Gasteiger charge is 2.27. The first-order chi connectivity index (χ1) is 11.7. The second-order valence-electron chi connectivity index (χ2n) is 5.79. The average Bonchev–Trinajstić information content (AvgIpc) is 3.05. The number of carbonyl (C=O) groups is 1. The summed E-state index contributed by atoms with van der Waals surface area (Å²) < 4.78 is 5.55. The summed E-state index contributed by atoms with van der Waals surface area (Å²) >= 11 is 5.94. The highest BCUT2D eigenvalue weighted by atomic mass is 35.5. The monoisotopic (exact) mass is 338 g/mol. The van der Waals surface area contributed by atoms with Crippen molar-refractivity contribution >= 4 is 17.5 Å². The number of carbonyl (C=O) groups excluding carboxylic acids is 1. The molecule has 3 aromatic rings. The van der Waals surface area contributed by atoms with Gasteiger partial charge in [-0.15, -0.1) is 0 Å². The van der Waals surface area contributed by atoms with Gasteiger partial charge in [-0.3, -0.25) is 4.79 Å². The van der Waals surface area contributed by atoms with Gasteiger partial charge in [-0.2, -0.15) is 0 Å². The van der Waals surface area contributed by atoms with Crippen LogP contribution in [0.1, 0.15) is 21.6 Å². The zero-order valence-electron chi connectivity index (χ0n) is 12.9. The van der Waals surface area contributed by atoms with Crippen LogP contribution in [0.2, 0.25) is 5.02 Å². The number of aromatic nitrogens is 1. The van der Waals surface area contributed by atoms with Gasteiger partial charge in [0.1, 0.15) is 5.69 Å². The molecule has 0 unspecified atom stereocenters. The summed E-state index contributed by atoms with van der Waals surface area (Å²) in [5.41, 5.74) is 3.56. The Balaban J connectivity index is 1.59. The number of rotatable bonds is 2. The van der Waals surface area contributed by atoms with Crippen LogP contribution in [0.25, 0.3) is 11.3 Å². The van der Waals surface area contributed by atoms with E-state index in [-0.39, 0.29) is 5.91 Å². The maximum absolute atomic E-state index is 12.6. The summed E-state index contributed by atoms with van der Waals surface area (Å²) in [6.45, 7) is 1.13. The van der Waals surface area contributed by atoms with Crippen LogP contribution >= 0.6 is 11.6 Å². The number of hydrogen-bond acceptors (Lipinski definition) is 3. The Morgan fingerprint density at radius 1 is 1.08 bits per heavy atom. The first-order valence-electron chi connectivity index (χ1n) is 7.80. The molecule has 0 bridgehead atoms. The fourth-order valence-electron chi connectivity index (χ4n) is 3.00. The maximum atomic E-state index is 12.6. The van der Waals surface area contributed by atoms with E-state index in [9.17, 15) is 4.79 Å². The van der Waals surface area contributed by atoms with Crippen LogP contribution in [0.5, 0.6) is 0 Å². The molecule has 4 nitrogen and oxygen atoms in total. The smallest absolute Gasteiger partial charge is 0.254 e. The number of fused-ring (bicyclic) bond motifs is 1. The van der Waals surface area contributed by atoms with Gasteiger partial charge in [0.05, 0.1) is 6.54 Å². The molecule has 0 fully saturated rings. The Kier molecular flexibility index (Phi) is 3.82. The van der Waals surface area contributed by atoms with E-state index in [2.05, 4.69) is 5.16 Å². The molecule has 0 saturated heterocycles. The number of hydrogen-bond donors (Lipinski definition) is 0. The van der Waals surface area contributed by atoms with Gasteiger partial charge in [-0.05, 0) is 42.8 Å². The fraction of sp³-hybridized carbons (Fsp3) is 0.158. The minimum absolute atomic E-state index is 0.0253. The third-order valence-electron chi connectivity index (χ3n) is 4.26. The van der Waals surface area contributed by atoms with Gasteiger partial charge in [0, 0.05) is 28.3 Å². The first-order valence-corrected chi connectivity index (χ1v) is 8.18. The van der Waals surface area contributed by atoms with Crippen molar-refractivity contribution in [2.45, 2.75) is 13.0 Å². The summed E-state index contributed by atoms with van der Waals surface area (Å²) in [6, 6.07) is 16.8. The summed E-state index contributed by atoms with van der Waals surface area (Å²) in [5.74, 6) is 0.797. The van der Waals surface area contributed by atoms with Crippen molar-refractivity contribution in [3.05, 3.63) is 76.4 Å². The second kappa shape index (κ2) is 6.13. The van der Waals surface area contributed by atoms with Crippen LogP contribution in [0.4, 0.5) is 0 Å². The molecular formula is C19H15ClN2O2. The molecule has 1 aliphatic rings. The second-order valence-corrected chi connectivity index (χ2v) is 6.22. The van der Waals surface area contributed by atoms with Crippen molar-refractivity contribution in [2.75, 3.05) is 6.54 Å². The Labute approximate surface area is 144 Å². The van der Waals surface area contributed by atoms with Gasteiger partial charge in [-0.1, -0.05) is 35.0 Å². The zero-order valence-corrected chi connectivity index (χ0v) is 13.7. The molecule has 5 heteroatoms. The van der Waals surface area contributed by atoms with Gasteiger partial charge >= 0.3 is 0 Å². The summed E-state index contributed by atoms with van der Waals surface area (Å²) in [5, 5.41) is 4.87. The van der Waals surface area contributed by atoms with Gasteiger partial charge in [-0.25, -0.2) is 0 Å². The molecule has 1 amide bonds. The molecule has 0 saturated carbocycles. The average molecular weight is 339 g/mol. The van der Waals surface area contributed by atoms with Gasteiger partial charge in [0.25, 0.3) is 5.91 Å². The summed E-state index contributed by atoms with van der Waals surface area (Å²) in [6.07, 6.45) is 0.732. The first kappa shape index (κ1) is 15.0. The Hall–Kier alpha value is -2.59. The molecule has 0 N–H and O–H groups in total. The molecule has 2 heterocycles. The van der Waals surface area contributed by atoms with Gasteiger partial charge in [0.15, 0.2) is 5.76 Å². The van der Waals surface area contributed by atoms with E-state index in [0.717, 1.165) is 29.0 Å². The normalized spacial score (nSPS) is 13.6. The van der Waals surface area contributed by atoms with Crippen LogP contribution < -0.4 is 0 Å². The van der Waals surface area contributed by atoms with E-state index < -0.39 is 0 Å². The molecule has 2 aromatic carbocycles. The molecule has 0 atom stereocenters. The molecule has 1 aliphatic heterocycles. The minimum atomic E-state index is 0.0253. The topological polar surface area (TPSA) is 46.3 Å². The van der Waals surface area contributed by atoms with E-state index in [4.69, 9.17) is 16.1 Å². The van der Waals surface area contributed by atoms with E-state index in [1.54, 1.807) is 0 Å². The molecule has 24 heavy (non-hydrogen) atoms. The van der Waals surface area contributed by atoms with Crippen LogP contribution in [0, 0.1) is 0 Å². The molecule has 4 rings (SSSR count). The van der Waals surface area contributed by atoms with E-state index in [0.29, 0.717) is 23.7 Å². The van der Waals surface area contributed by atoms with Crippen LogP contribution in [0.15, 0.2) is 59.1 Å². The lowest BCUT2D eigenvalue weighted by Crippen LogP contribution is -2.35. The van der Waals surface area contributed by atoms with Crippen molar-refractivity contribution in [1.29, 1.82) is 0 Å². The lowest BCUT2D eigenvalue weighted by atomic mass is 10.00. The molecule has 1 aromatic heterocycles. The predicted octanol–water partition coefficient (Wildman–Crippen LogP) is 4.19. The number of nitrogens with zero attached hydrogens (tertiary/aromatic N) is 2. The van der Waals surface area contributed by atoms with Gasteiger partial charge in [0.2, 0.25) is 0 Å². The zero-order chi connectivity index (χ0) is 16.5. The molecule has 0 spiro atoms. The largest absolute Gasteiger partial charge is 0.356 e. The Morgan fingerprint density at radius 3 is 2.58 bits per heavy atom. The van der Waals surface area contributed by atoms with Crippen LogP contribution in [-0.2, 0) is 13.0 Å². The van der Waals surface area contributed by atoms with Crippen molar-refractivity contribution in [3.63, 3.8) is 0 Å². The third kappa shape index (κ3) is 2.69. The van der Waals surface area contributed by atoms with E-state index >= 15 is 0 Å².